The van der Waals surface area contributed by atoms with E-state index in [-0.39, 0.29) is 0 Å². The molecule has 2 unspecified atom stereocenters. The number of rotatable bonds is 5. The maximum atomic E-state index is 3.84. The monoisotopic (exact) mass is 249 g/mol. The summed E-state index contributed by atoms with van der Waals surface area (Å²) in [5.74, 6) is 0.884. The van der Waals surface area contributed by atoms with Crippen LogP contribution in [0.4, 0.5) is 0 Å². The summed E-state index contributed by atoms with van der Waals surface area (Å²) < 4.78 is 0. The molecular weight excluding hydrogens is 218 g/mol. The van der Waals surface area contributed by atoms with Gasteiger partial charge in [-0.15, -0.1) is 0 Å². The van der Waals surface area contributed by atoms with Crippen molar-refractivity contribution in [3.8, 4) is 0 Å². The zero-order valence-corrected chi connectivity index (χ0v) is 12.6. The summed E-state index contributed by atoms with van der Waals surface area (Å²) in [5.41, 5.74) is 2.31. The molecule has 0 radical (unpaired) electrons. The van der Waals surface area contributed by atoms with E-state index in [2.05, 4.69) is 32.2 Å². The van der Waals surface area contributed by atoms with Gasteiger partial charge in [-0.2, -0.15) is 0 Å². The minimum Gasteiger partial charge on any atom is -0.310 e. The Morgan fingerprint density at radius 3 is 2.67 bits per heavy atom. The van der Waals surface area contributed by atoms with Gasteiger partial charge in [0.25, 0.3) is 0 Å². The van der Waals surface area contributed by atoms with Crippen molar-refractivity contribution in [3.05, 3.63) is 11.6 Å². The average molecular weight is 249 g/mol. The van der Waals surface area contributed by atoms with Crippen molar-refractivity contribution in [2.45, 2.75) is 78.2 Å². The second-order valence-electron chi connectivity index (χ2n) is 6.96. The van der Waals surface area contributed by atoms with Crippen LogP contribution in [-0.4, -0.2) is 12.6 Å². The first kappa shape index (κ1) is 14.1. The summed E-state index contributed by atoms with van der Waals surface area (Å²) in [6.07, 6.45) is 13.6. The molecule has 2 aliphatic rings. The highest BCUT2D eigenvalue weighted by molar-refractivity contribution is 5.19. The number of hydrogen-bond acceptors (Lipinski definition) is 1. The Morgan fingerprint density at radius 2 is 2.00 bits per heavy atom. The van der Waals surface area contributed by atoms with E-state index in [0.717, 1.165) is 5.92 Å². The van der Waals surface area contributed by atoms with E-state index in [0.29, 0.717) is 11.5 Å². The van der Waals surface area contributed by atoms with Gasteiger partial charge in [-0.05, 0) is 56.4 Å². The Hall–Kier alpha value is -0.300. The van der Waals surface area contributed by atoms with Crippen LogP contribution in [0, 0.1) is 11.3 Å². The van der Waals surface area contributed by atoms with Crippen LogP contribution in [0.15, 0.2) is 11.6 Å². The largest absolute Gasteiger partial charge is 0.310 e. The summed E-state index contributed by atoms with van der Waals surface area (Å²) in [6, 6.07) is 0.679. The minimum absolute atomic E-state index is 0.578. The highest BCUT2D eigenvalue weighted by Gasteiger charge is 2.50. The lowest BCUT2D eigenvalue weighted by Gasteiger charge is -2.25. The van der Waals surface area contributed by atoms with E-state index in [1.165, 1.54) is 57.9 Å². The Labute approximate surface area is 113 Å². The first-order chi connectivity index (χ1) is 8.65. The van der Waals surface area contributed by atoms with E-state index in [9.17, 15) is 0 Å². The van der Waals surface area contributed by atoms with Gasteiger partial charge in [0, 0.05) is 6.04 Å². The Kier molecular flexibility index (Phi) is 4.89. The average Bonchev–Trinajstić information content (AvgIpc) is 2.90. The molecule has 0 amide bonds. The molecule has 1 N–H and O–H groups in total. The van der Waals surface area contributed by atoms with Crippen molar-refractivity contribution >= 4 is 0 Å². The van der Waals surface area contributed by atoms with Crippen LogP contribution in [0.1, 0.15) is 72.1 Å². The van der Waals surface area contributed by atoms with Crippen LogP contribution in [0.2, 0.25) is 0 Å². The predicted octanol–water partition coefficient (Wildman–Crippen LogP) is 4.68. The van der Waals surface area contributed by atoms with E-state index < -0.39 is 0 Å². The standard InChI is InChI=1S/C17H31N/c1-4-12-18-16(15-13-17(15,2)3)14-10-8-6-5-7-9-11-14/h10,15-16,18H,4-9,11-13H2,1-3H3. The molecule has 0 saturated heterocycles. The zero-order valence-electron chi connectivity index (χ0n) is 12.6. The summed E-state index contributed by atoms with van der Waals surface area (Å²) in [4.78, 5) is 0. The van der Waals surface area contributed by atoms with E-state index in [1.807, 2.05) is 0 Å². The van der Waals surface area contributed by atoms with E-state index in [1.54, 1.807) is 5.57 Å². The van der Waals surface area contributed by atoms with Crippen molar-refractivity contribution in [2.24, 2.45) is 11.3 Å². The molecule has 0 aromatic rings. The van der Waals surface area contributed by atoms with Gasteiger partial charge in [-0.1, -0.05) is 45.3 Å². The van der Waals surface area contributed by atoms with Gasteiger partial charge in [0.1, 0.15) is 0 Å². The summed E-state index contributed by atoms with van der Waals surface area (Å²) in [6.45, 7) is 8.31. The quantitative estimate of drug-likeness (QED) is 0.698. The molecule has 0 spiro atoms. The molecule has 2 aliphatic carbocycles. The van der Waals surface area contributed by atoms with Crippen LogP contribution in [0.5, 0.6) is 0 Å². The first-order valence-electron chi connectivity index (χ1n) is 8.07. The fourth-order valence-corrected chi connectivity index (χ4v) is 3.41. The van der Waals surface area contributed by atoms with Crippen LogP contribution in [0.3, 0.4) is 0 Å². The lowest BCUT2D eigenvalue weighted by Crippen LogP contribution is -2.35. The molecule has 1 heteroatoms. The van der Waals surface area contributed by atoms with E-state index >= 15 is 0 Å². The fourth-order valence-electron chi connectivity index (χ4n) is 3.41. The van der Waals surface area contributed by atoms with Gasteiger partial charge in [0.15, 0.2) is 0 Å². The normalized spacial score (nSPS) is 29.1. The second kappa shape index (κ2) is 6.23. The van der Waals surface area contributed by atoms with Crippen molar-refractivity contribution < 1.29 is 0 Å². The van der Waals surface area contributed by atoms with Gasteiger partial charge in [-0.25, -0.2) is 0 Å². The summed E-state index contributed by atoms with van der Waals surface area (Å²) >= 11 is 0. The molecule has 1 saturated carbocycles. The molecule has 104 valence electrons. The number of hydrogen-bond donors (Lipinski definition) is 1. The highest BCUT2D eigenvalue weighted by atomic mass is 14.9. The Bertz CT molecular complexity index is 290. The van der Waals surface area contributed by atoms with Crippen LogP contribution in [0.25, 0.3) is 0 Å². The molecule has 0 aromatic carbocycles. The smallest absolute Gasteiger partial charge is 0.0313 e. The minimum atomic E-state index is 0.578. The first-order valence-corrected chi connectivity index (χ1v) is 8.07. The van der Waals surface area contributed by atoms with Crippen molar-refractivity contribution in [2.75, 3.05) is 6.54 Å². The van der Waals surface area contributed by atoms with Gasteiger partial charge in [-0.3, -0.25) is 0 Å². The van der Waals surface area contributed by atoms with Crippen LogP contribution in [-0.2, 0) is 0 Å². The topological polar surface area (TPSA) is 12.0 Å². The Balaban J connectivity index is 2.02. The molecule has 1 fully saturated rings. The molecule has 0 bridgehead atoms. The van der Waals surface area contributed by atoms with Gasteiger partial charge < -0.3 is 5.32 Å². The number of nitrogens with one attached hydrogen (secondary N) is 1. The van der Waals surface area contributed by atoms with E-state index in [4.69, 9.17) is 0 Å². The molecule has 0 aliphatic heterocycles. The second-order valence-corrected chi connectivity index (χ2v) is 6.96. The van der Waals surface area contributed by atoms with Crippen molar-refractivity contribution in [3.63, 3.8) is 0 Å². The lowest BCUT2D eigenvalue weighted by molar-refractivity contribution is 0.428. The molecule has 18 heavy (non-hydrogen) atoms. The molecule has 2 atom stereocenters. The third-order valence-corrected chi connectivity index (χ3v) is 4.83. The summed E-state index contributed by atoms with van der Waals surface area (Å²) in [7, 11) is 0. The molecule has 0 aromatic heterocycles. The third-order valence-electron chi connectivity index (χ3n) is 4.83. The fraction of sp³-hybridized carbons (Fsp3) is 0.882. The lowest BCUT2D eigenvalue weighted by atomic mass is 9.90. The van der Waals surface area contributed by atoms with Gasteiger partial charge in [0.2, 0.25) is 0 Å². The third kappa shape index (κ3) is 3.60. The zero-order chi connectivity index (χ0) is 13.0. The molecule has 2 rings (SSSR count). The maximum Gasteiger partial charge on any atom is 0.0313 e. The summed E-state index contributed by atoms with van der Waals surface area (Å²) in [5, 5.41) is 3.84. The van der Waals surface area contributed by atoms with Crippen LogP contribution >= 0.6 is 0 Å². The Morgan fingerprint density at radius 1 is 1.28 bits per heavy atom. The van der Waals surface area contributed by atoms with Crippen LogP contribution < -0.4 is 5.32 Å². The molecule has 0 heterocycles. The van der Waals surface area contributed by atoms with Gasteiger partial charge >= 0.3 is 0 Å². The molecule has 1 nitrogen and oxygen atoms in total. The van der Waals surface area contributed by atoms with Crippen molar-refractivity contribution in [1.29, 1.82) is 0 Å². The predicted molar refractivity (Wildman–Crippen MR) is 79.8 cm³/mol. The number of allylic oxidation sites excluding steroid dienone is 1. The molecular formula is C17H31N. The highest BCUT2D eigenvalue weighted by Crippen LogP contribution is 2.55. The van der Waals surface area contributed by atoms with Gasteiger partial charge in [0.05, 0.1) is 0 Å². The SMILES string of the molecule is CCCNC(C1=CCCCCCC1)C1CC1(C)C. The maximum absolute atomic E-state index is 3.84. The van der Waals surface area contributed by atoms with Crippen molar-refractivity contribution in [1.82, 2.24) is 5.32 Å².